The van der Waals surface area contributed by atoms with E-state index in [1.54, 1.807) is 10.5 Å². The minimum absolute atomic E-state index is 0.128. The number of fused-ring (bicyclic) bond motifs is 2. The molecule has 0 aromatic carbocycles. The molecule has 0 bridgehead atoms. The van der Waals surface area contributed by atoms with Crippen LogP contribution >= 0.6 is 11.8 Å². The highest BCUT2D eigenvalue weighted by Gasteiger charge is 2.74. The number of rotatable bonds is 2. The summed E-state index contributed by atoms with van der Waals surface area (Å²) in [6, 6.07) is 0. The summed E-state index contributed by atoms with van der Waals surface area (Å²) in [4.78, 5) is 11.2. The number of allylic oxidation sites excluding steroid dienone is 1. The molecule has 1 spiro atoms. The van der Waals surface area contributed by atoms with Gasteiger partial charge in [-0.15, -0.1) is 0 Å². The molecule has 1 saturated carbocycles. The summed E-state index contributed by atoms with van der Waals surface area (Å²) in [7, 11) is 0. The maximum absolute atomic E-state index is 4.78. The first-order chi connectivity index (χ1) is 10.4. The van der Waals surface area contributed by atoms with Crippen LogP contribution in [-0.4, -0.2) is 36.7 Å². The second-order valence-corrected chi connectivity index (χ2v) is 8.30. The van der Waals surface area contributed by atoms with Crippen LogP contribution in [0.5, 0.6) is 0 Å². The van der Waals surface area contributed by atoms with Crippen LogP contribution in [-0.2, 0) is 0 Å². The Morgan fingerprint density at radius 1 is 1.29 bits per heavy atom. The Morgan fingerprint density at radius 3 is 3.10 bits per heavy atom. The van der Waals surface area contributed by atoms with Gasteiger partial charge in [-0.3, -0.25) is 4.99 Å². The molecule has 112 valence electrons. The van der Waals surface area contributed by atoms with E-state index in [0.29, 0.717) is 11.8 Å². The first kappa shape index (κ1) is 12.7. The molecule has 3 heterocycles. The van der Waals surface area contributed by atoms with Gasteiger partial charge in [0.15, 0.2) is 0 Å². The van der Waals surface area contributed by atoms with Gasteiger partial charge in [-0.1, -0.05) is 17.3 Å². The van der Waals surface area contributed by atoms with Gasteiger partial charge in [-0.2, -0.15) is 0 Å². The van der Waals surface area contributed by atoms with Crippen LogP contribution in [0, 0.1) is 17.8 Å². The standard InChI is InChI=1S/C16H22N4S/c1-2-11-12(3-1)21-16-13(11)14(16)15(19-9-20-16)18-8-10-4-6-17-7-5-10/h9-10,13-14,17H,1-8H2,(H,18,19,20). The molecule has 2 fully saturated rings. The molecule has 21 heavy (non-hydrogen) atoms. The Kier molecular flexibility index (Phi) is 2.78. The molecule has 2 aliphatic carbocycles. The summed E-state index contributed by atoms with van der Waals surface area (Å²) in [5, 5.41) is 7.12. The summed E-state index contributed by atoms with van der Waals surface area (Å²) in [6.45, 7) is 3.43. The van der Waals surface area contributed by atoms with Crippen LogP contribution in [0.2, 0.25) is 0 Å². The van der Waals surface area contributed by atoms with Crippen molar-refractivity contribution in [1.82, 2.24) is 10.6 Å². The average molecular weight is 302 g/mol. The predicted molar refractivity (Wildman–Crippen MR) is 87.7 cm³/mol. The zero-order valence-corrected chi connectivity index (χ0v) is 13.1. The lowest BCUT2D eigenvalue weighted by atomic mass is 9.98. The second-order valence-electron chi connectivity index (χ2n) is 6.94. The molecule has 2 N–H and O–H groups in total. The third-order valence-electron chi connectivity index (χ3n) is 5.77. The van der Waals surface area contributed by atoms with Gasteiger partial charge in [0, 0.05) is 12.5 Å². The quantitative estimate of drug-likeness (QED) is 0.821. The van der Waals surface area contributed by atoms with Crippen molar-refractivity contribution in [3.05, 3.63) is 10.5 Å². The van der Waals surface area contributed by atoms with Crippen molar-refractivity contribution in [2.45, 2.75) is 37.0 Å². The first-order valence-corrected chi connectivity index (χ1v) is 9.17. The molecule has 5 rings (SSSR count). The molecule has 0 radical (unpaired) electrons. The van der Waals surface area contributed by atoms with Crippen LogP contribution in [0.4, 0.5) is 0 Å². The molecule has 1 saturated heterocycles. The first-order valence-electron chi connectivity index (χ1n) is 8.35. The van der Waals surface area contributed by atoms with E-state index in [0.717, 1.165) is 12.5 Å². The summed E-state index contributed by atoms with van der Waals surface area (Å²) in [6.07, 6.45) is 8.36. The molecule has 3 unspecified atom stereocenters. The lowest BCUT2D eigenvalue weighted by Gasteiger charge is -2.24. The maximum atomic E-state index is 4.78. The van der Waals surface area contributed by atoms with Gasteiger partial charge < -0.3 is 10.6 Å². The van der Waals surface area contributed by atoms with Crippen molar-refractivity contribution < 1.29 is 0 Å². The molecule has 3 atom stereocenters. The Bertz CT molecular complexity index is 561. The van der Waals surface area contributed by atoms with Gasteiger partial charge in [0.1, 0.15) is 17.0 Å². The Labute approximate surface area is 130 Å². The normalized spacial score (nSPS) is 40.7. The Morgan fingerprint density at radius 2 is 2.19 bits per heavy atom. The van der Waals surface area contributed by atoms with E-state index in [1.165, 1.54) is 51.0 Å². The predicted octanol–water partition coefficient (Wildman–Crippen LogP) is 2.14. The number of hydrogen-bond acceptors (Lipinski definition) is 5. The van der Waals surface area contributed by atoms with Crippen molar-refractivity contribution in [3.63, 3.8) is 0 Å². The SMILES string of the molecule is C1=NC23SC4=C(CCC4)C2C3C(NCC2CCNCC2)=N1. The fraction of sp³-hybridized carbons (Fsp3) is 0.750. The summed E-state index contributed by atoms with van der Waals surface area (Å²) in [5.41, 5.74) is 1.72. The van der Waals surface area contributed by atoms with E-state index in [2.05, 4.69) is 27.4 Å². The topological polar surface area (TPSA) is 48.8 Å². The summed E-state index contributed by atoms with van der Waals surface area (Å²) < 4.78 is 0. The molecule has 5 heteroatoms. The van der Waals surface area contributed by atoms with E-state index in [1.807, 2.05) is 6.34 Å². The van der Waals surface area contributed by atoms with Gasteiger partial charge in [-0.25, -0.2) is 4.99 Å². The van der Waals surface area contributed by atoms with E-state index < -0.39 is 0 Å². The molecule has 3 aliphatic heterocycles. The molecular weight excluding hydrogens is 280 g/mol. The van der Waals surface area contributed by atoms with Crippen LogP contribution in [0.3, 0.4) is 0 Å². The van der Waals surface area contributed by atoms with Crippen molar-refractivity contribution in [1.29, 1.82) is 0 Å². The van der Waals surface area contributed by atoms with Crippen LogP contribution in [0.15, 0.2) is 20.5 Å². The number of nitrogens with one attached hydrogen (secondary N) is 2. The molecule has 0 amide bonds. The van der Waals surface area contributed by atoms with Crippen LogP contribution in [0.25, 0.3) is 0 Å². The lowest BCUT2D eigenvalue weighted by Crippen LogP contribution is -2.38. The lowest BCUT2D eigenvalue weighted by molar-refractivity contribution is 0.371. The van der Waals surface area contributed by atoms with Gasteiger partial charge >= 0.3 is 0 Å². The number of aliphatic imine (C=N–C) groups is 2. The largest absolute Gasteiger partial charge is 0.373 e. The van der Waals surface area contributed by atoms with Gasteiger partial charge in [0.25, 0.3) is 0 Å². The van der Waals surface area contributed by atoms with Crippen molar-refractivity contribution in [2.24, 2.45) is 27.7 Å². The number of nitrogens with zero attached hydrogens (tertiary/aromatic N) is 2. The summed E-state index contributed by atoms with van der Waals surface area (Å²) >= 11 is 2.06. The third-order valence-corrected chi connectivity index (χ3v) is 7.42. The molecule has 5 aliphatic rings. The highest BCUT2D eigenvalue weighted by atomic mass is 32.2. The van der Waals surface area contributed by atoms with Crippen LogP contribution < -0.4 is 10.6 Å². The highest BCUT2D eigenvalue weighted by molar-refractivity contribution is 8.05. The number of thioether (sulfide) groups is 1. The second kappa shape index (κ2) is 4.59. The molecule has 0 aromatic rings. The third kappa shape index (κ3) is 1.80. The number of hydrogen-bond donors (Lipinski definition) is 2. The van der Waals surface area contributed by atoms with Crippen LogP contribution in [0.1, 0.15) is 32.1 Å². The fourth-order valence-electron chi connectivity index (χ4n) is 4.60. The van der Waals surface area contributed by atoms with E-state index in [-0.39, 0.29) is 4.87 Å². The average Bonchev–Trinajstić information content (AvgIpc) is 2.81. The van der Waals surface area contributed by atoms with Crippen molar-refractivity contribution in [2.75, 3.05) is 19.6 Å². The minimum Gasteiger partial charge on any atom is -0.373 e. The van der Waals surface area contributed by atoms with Crippen molar-refractivity contribution in [3.8, 4) is 0 Å². The monoisotopic (exact) mass is 302 g/mol. The summed E-state index contributed by atoms with van der Waals surface area (Å²) in [5.74, 6) is 3.24. The smallest absolute Gasteiger partial charge is 0.130 e. The Hall–Kier alpha value is -0.810. The fourth-order valence-corrected chi connectivity index (χ4v) is 6.42. The Balaban J connectivity index is 1.29. The maximum Gasteiger partial charge on any atom is 0.130 e. The van der Waals surface area contributed by atoms with Gasteiger partial charge in [-0.05, 0) is 56.0 Å². The van der Waals surface area contributed by atoms with Gasteiger partial charge in [0.05, 0.1) is 5.92 Å². The van der Waals surface area contributed by atoms with Crippen molar-refractivity contribution >= 4 is 23.9 Å². The molecular formula is C16H22N4S. The van der Waals surface area contributed by atoms with E-state index in [4.69, 9.17) is 4.99 Å². The number of piperidine rings is 1. The van der Waals surface area contributed by atoms with E-state index in [9.17, 15) is 0 Å². The van der Waals surface area contributed by atoms with Gasteiger partial charge in [0.2, 0.25) is 0 Å². The zero-order chi connectivity index (χ0) is 13.9. The highest BCUT2D eigenvalue weighted by Crippen LogP contribution is 2.74. The minimum atomic E-state index is 0.128. The molecule has 0 aromatic heterocycles. The number of amidine groups is 1. The molecule has 4 nitrogen and oxygen atoms in total. The van der Waals surface area contributed by atoms with E-state index >= 15 is 0 Å². The zero-order valence-electron chi connectivity index (χ0n) is 12.3.